The number of hydrogen-bond donors (Lipinski definition) is 0. The maximum Gasteiger partial charge on any atom is 0.178 e. The van der Waals surface area contributed by atoms with Gasteiger partial charge in [0.05, 0.1) is 0 Å². The van der Waals surface area contributed by atoms with Gasteiger partial charge in [0.15, 0.2) is 6.29 Å². The average molecular weight is 173 g/mol. The highest BCUT2D eigenvalue weighted by Gasteiger charge is 2.00. The van der Waals surface area contributed by atoms with Crippen LogP contribution in [0.2, 0.25) is 0 Å². The van der Waals surface area contributed by atoms with Gasteiger partial charge in [-0.05, 0) is 26.1 Å². The van der Waals surface area contributed by atoms with Crippen LogP contribution >= 0.6 is 0 Å². The van der Waals surface area contributed by atoms with Crippen molar-refractivity contribution in [2.45, 2.75) is 20.1 Å². The molecule has 0 aromatic carbocycles. The highest BCUT2D eigenvalue weighted by Crippen LogP contribution is 1.97. The lowest BCUT2D eigenvalue weighted by molar-refractivity contribution is -0.104. The van der Waals surface area contributed by atoms with Crippen LogP contribution in [-0.2, 0) is 9.47 Å². The molecule has 0 spiro atoms. The molecule has 0 radical (unpaired) electrons. The van der Waals surface area contributed by atoms with Crippen molar-refractivity contribution in [3.8, 4) is 0 Å². The zero-order valence-corrected chi connectivity index (χ0v) is 8.41. The lowest BCUT2D eigenvalue weighted by Crippen LogP contribution is -2.15. The van der Waals surface area contributed by atoms with Gasteiger partial charge in [-0.2, -0.15) is 0 Å². The van der Waals surface area contributed by atoms with Gasteiger partial charge in [-0.3, -0.25) is 0 Å². The molecule has 0 bridgehead atoms. The Labute approximate surface area is 75.0 Å². The fourth-order valence-electron chi connectivity index (χ4n) is 0.730. The van der Waals surface area contributed by atoms with E-state index in [1.165, 1.54) is 0 Å². The zero-order chi connectivity index (χ0) is 9.40. The van der Waals surface area contributed by atoms with Crippen molar-refractivity contribution in [2.24, 2.45) is 0 Å². The summed E-state index contributed by atoms with van der Waals surface area (Å²) in [4.78, 5) is 1.95. The first kappa shape index (κ1) is 11.5. The summed E-state index contributed by atoms with van der Waals surface area (Å²) in [5.74, 6) is 0. The van der Waals surface area contributed by atoms with Crippen molar-refractivity contribution in [2.75, 3.05) is 27.3 Å². The van der Waals surface area contributed by atoms with Crippen molar-refractivity contribution in [1.29, 1.82) is 0 Å². The predicted molar refractivity (Wildman–Crippen MR) is 49.9 cm³/mol. The molecule has 0 aliphatic rings. The van der Waals surface area contributed by atoms with E-state index in [0.29, 0.717) is 13.2 Å². The van der Waals surface area contributed by atoms with Gasteiger partial charge in [0.1, 0.15) is 0 Å². The van der Waals surface area contributed by atoms with Crippen molar-refractivity contribution in [3.63, 3.8) is 0 Å². The molecule has 0 atom stereocenters. The minimum atomic E-state index is -0.206. The maximum absolute atomic E-state index is 5.30. The Morgan fingerprint density at radius 3 is 2.00 bits per heavy atom. The number of nitrogens with zero attached hydrogens (tertiary/aromatic N) is 1. The first-order valence-electron chi connectivity index (χ1n) is 4.28. The molecule has 0 heterocycles. The molecule has 0 unspecified atom stereocenters. The molecule has 12 heavy (non-hydrogen) atoms. The second kappa shape index (κ2) is 7.13. The smallest absolute Gasteiger partial charge is 0.178 e. The number of hydrogen-bond acceptors (Lipinski definition) is 3. The minimum Gasteiger partial charge on any atom is -0.384 e. The topological polar surface area (TPSA) is 21.7 Å². The monoisotopic (exact) mass is 173 g/mol. The molecule has 0 saturated carbocycles. The van der Waals surface area contributed by atoms with Gasteiger partial charge in [0.2, 0.25) is 0 Å². The van der Waals surface area contributed by atoms with Crippen LogP contribution in [0.4, 0.5) is 0 Å². The molecule has 0 fully saturated rings. The molecule has 0 N–H and O–H groups in total. The van der Waals surface area contributed by atoms with Gasteiger partial charge >= 0.3 is 0 Å². The molecular weight excluding hydrogens is 154 g/mol. The van der Waals surface area contributed by atoms with Crippen LogP contribution in [0.1, 0.15) is 13.8 Å². The Morgan fingerprint density at radius 1 is 1.17 bits per heavy atom. The molecule has 0 aliphatic heterocycles. The summed E-state index contributed by atoms with van der Waals surface area (Å²) in [5, 5.41) is 0. The molecular formula is C9H19NO2. The average Bonchev–Trinajstić information content (AvgIpc) is 2.01. The molecule has 72 valence electrons. The van der Waals surface area contributed by atoms with Crippen LogP contribution in [0.25, 0.3) is 0 Å². The van der Waals surface area contributed by atoms with Crippen molar-refractivity contribution < 1.29 is 9.47 Å². The summed E-state index contributed by atoms with van der Waals surface area (Å²) < 4.78 is 10.6. The summed E-state index contributed by atoms with van der Waals surface area (Å²) in [6.07, 6.45) is 3.62. The quantitative estimate of drug-likeness (QED) is 0.568. The Kier molecular flexibility index (Phi) is 6.81. The van der Waals surface area contributed by atoms with Crippen molar-refractivity contribution in [1.82, 2.24) is 4.90 Å². The van der Waals surface area contributed by atoms with Crippen LogP contribution in [0.15, 0.2) is 12.3 Å². The van der Waals surface area contributed by atoms with Crippen LogP contribution < -0.4 is 0 Å². The Morgan fingerprint density at radius 2 is 1.67 bits per heavy atom. The lowest BCUT2D eigenvalue weighted by atomic mass is 10.5. The summed E-state index contributed by atoms with van der Waals surface area (Å²) >= 11 is 0. The maximum atomic E-state index is 5.30. The number of ether oxygens (including phenoxy) is 2. The molecule has 0 aliphatic carbocycles. The van der Waals surface area contributed by atoms with Gasteiger partial charge in [-0.15, -0.1) is 0 Å². The Balaban J connectivity index is 3.76. The van der Waals surface area contributed by atoms with E-state index >= 15 is 0 Å². The van der Waals surface area contributed by atoms with Crippen molar-refractivity contribution in [3.05, 3.63) is 12.3 Å². The van der Waals surface area contributed by atoms with Crippen LogP contribution in [0, 0.1) is 0 Å². The van der Waals surface area contributed by atoms with Crippen LogP contribution in [0.3, 0.4) is 0 Å². The van der Waals surface area contributed by atoms with E-state index in [1.807, 2.05) is 45.1 Å². The van der Waals surface area contributed by atoms with Crippen LogP contribution in [-0.4, -0.2) is 38.5 Å². The first-order valence-corrected chi connectivity index (χ1v) is 4.28. The van der Waals surface area contributed by atoms with E-state index in [-0.39, 0.29) is 6.29 Å². The van der Waals surface area contributed by atoms with E-state index in [2.05, 4.69) is 0 Å². The third kappa shape index (κ3) is 6.19. The molecule has 0 aromatic rings. The SMILES string of the molecule is CCOC(C=CN(C)C)OCC. The standard InChI is InChI=1S/C9H19NO2/c1-5-11-9(12-6-2)7-8-10(3)4/h7-9H,5-6H2,1-4H3. The van der Waals surface area contributed by atoms with Crippen molar-refractivity contribution >= 4 is 0 Å². The molecule has 3 heteroatoms. The van der Waals surface area contributed by atoms with E-state index < -0.39 is 0 Å². The zero-order valence-electron chi connectivity index (χ0n) is 8.41. The van der Waals surface area contributed by atoms with Crippen LogP contribution in [0.5, 0.6) is 0 Å². The Bertz CT molecular complexity index is 118. The van der Waals surface area contributed by atoms with Gasteiger partial charge in [-0.25, -0.2) is 0 Å². The fraction of sp³-hybridized carbons (Fsp3) is 0.778. The fourth-order valence-corrected chi connectivity index (χ4v) is 0.730. The summed E-state index contributed by atoms with van der Waals surface area (Å²) in [7, 11) is 3.93. The third-order valence-corrected chi connectivity index (χ3v) is 1.20. The largest absolute Gasteiger partial charge is 0.384 e. The molecule has 3 nitrogen and oxygen atoms in total. The molecule has 0 amide bonds. The van der Waals surface area contributed by atoms with E-state index in [0.717, 1.165) is 0 Å². The first-order chi connectivity index (χ1) is 5.70. The minimum absolute atomic E-state index is 0.206. The van der Waals surface area contributed by atoms with Gasteiger partial charge < -0.3 is 14.4 Å². The van der Waals surface area contributed by atoms with Gasteiger partial charge in [-0.1, -0.05) is 0 Å². The summed E-state index contributed by atoms with van der Waals surface area (Å²) in [6, 6.07) is 0. The van der Waals surface area contributed by atoms with E-state index in [9.17, 15) is 0 Å². The third-order valence-electron chi connectivity index (χ3n) is 1.20. The van der Waals surface area contributed by atoms with E-state index in [1.54, 1.807) is 0 Å². The van der Waals surface area contributed by atoms with Gasteiger partial charge in [0, 0.05) is 27.3 Å². The highest BCUT2D eigenvalue weighted by molar-refractivity contribution is 4.82. The highest BCUT2D eigenvalue weighted by atomic mass is 16.7. The normalized spacial score (nSPS) is 11.4. The lowest BCUT2D eigenvalue weighted by Gasteiger charge is -2.13. The Hall–Kier alpha value is -0.540. The molecule has 0 rings (SSSR count). The summed E-state index contributed by atoms with van der Waals surface area (Å²) in [6.45, 7) is 5.25. The van der Waals surface area contributed by atoms with Gasteiger partial charge in [0.25, 0.3) is 0 Å². The molecule has 0 aromatic heterocycles. The summed E-state index contributed by atoms with van der Waals surface area (Å²) in [5.41, 5.74) is 0. The second-order valence-corrected chi connectivity index (χ2v) is 2.58. The number of rotatable bonds is 6. The second-order valence-electron chi connectivity index (χ2n) is 2.58. The van der Waals surface area contributed by atoms with E-state index in [4.69, 9.17) is 9.47 Å². The molecule has 0 saturated heterocycles. The predicted octanol–water partition coefficient (Wildman–Crippen LogP) is 1.46.